The summed E-state index contributed by atoms with van der Waals surface area (Å²) in [5.41, 5.74) is 3.63. The second-order valence-electron chi connectivity index (χ2n) is 4.93. The van der Waals surface area contributed by atoms with Crippen molar-refractivity contribution in [1.82, 2.24) is 9.97 Å². The van der Waals surface area contributed by atoms with Gasteiger partial charge in [0.1, 0.15) is 10.0 Å². The van der Waals surface area contributed by atoms with Crippen LogP contribution in [0.25, 0.3) is 21.5 Å². The molecule has 0 unspecified atom stereocenters. The minimum absolute atomic E-state index is 0. The van der Waals surface area contributed by atoms with E-state index in [1.165, 1.54) is 40.0 Å². The lowest BCUT2D eigenvalue weighted by Gasteiger charge is -1.97. The van der Waals surface area contributed by atoms with E-state index in [2.05, 4.69) is 40.8 Å². The van der Waals surface area contributed by atoms with Crippen LogP contribution in [-0.4, -0.2) is 16.5 Å². The van der Waals surface area contributed by atoms with Gasteiger partial charge in [-0.3, -0.25) is 0 Å². The van der Waals surface area contributed by atoms with E-state index in [9.17, 15) is 0 Å². The standard InChI is InChI=1S/C15H15N3S.ClH/c1-2-6-12-10(5-1)11(9-17-12)14-18-13-7-3-4-8-16-15(13)19-14;/h1-2,5-6,9,16-17H,3-4,7-8H2;1H. The Labute approximate surface area is 127 Å². The van der Waals surface area contributed by atoms with Crippen LogP contribution in [0, 0.1) is 0 Å². The smallest absolute Gasteiger partial charge is 0.127 e. The van der Waals surface area contributed by atoms with Crippen LogP contribution in [0.15, 0.2) is 30.5 Å². The number of benzene rings is 1. The molecule has 0 aliphatic carbocycles. The average molecular weight is 306 g/mol. The molecule has 0 fully saturated rings. The summed E-state index contributed by atoms with van der Waals surface area (Å²) >= 11 is 1.78. The number of nitrogens with zero attached hydrogens (tertiary/aromatic N) is 1. The Hall–Kier alpha value is -1.52. The van der Waals surface area contributed by atoms with Crippen molar-refractivity contribution in [1.29, 1.82) is 0 Å². The second-order valence-corrected chi connectivity index (χ2v) is 5.93. The van der Waals surface area contributed by atoms with Crippen molar-refractivity contribution in [3.63, 3.8) is 0 Å². The van der Waals surface area contributed by atoms with Crippen molar-refractivity contribution in [2.24, 2.45) is 0 Å². The van der Waals surface area contributed by atoms with Crippen LogP contribution in [0.2, 0.25) is 0 Å². The molecule has 0 amide bonds. The largest absolute Gasteiger partial charge is 0.375 e. The van der Waals surface area contributed by atoms with E-state index in [0.29, 0.717) is 0 Å². The molecule has 104 valence electrons. The Balaban J connectivity index is 0.00000121. The van der Waals surface area contributed by atoms with Crippen molar-refractivity contribution in [3.05, 3.63) is 36.2 Å². The Morgan fingerprint density at radius 3 is 3.00 bits per heavy atom. The van der Waals surface area contributed by atoms with Crippen LogP contribution in [0.1, 0.15) is 18.5 Å². The molecule has 4 rings (SSSR count). The molecule has 3 nitrogen and oxygen atoms in total. The SMILES string of the molecule is Cl.c1ccc2c(-c3nc4c(s3)NCCCC4)c[nH]c2c1. The first kappa shape index (κ1) is 13.5. The number of H-pyrrole nitrogens is 1. The van der Waals surface area contributed by atoms with Crippen LogP contribution in [0.5, 0.6) is 0 Å². The maximum absolute atomic E-state index is 4.84. The van der Waals surface area contributed by atoms with Gasteiger partial charge in [0.25, 0.3) is 0 Å². The highest BCUT2D eigenvalue weighted by atomic mass is 35.5. The van der Waals surface area contributed by atoms with Crippen LogP contribution in [0.3, 0.4) is 0 Å². The van der Waals surface area contributed by atoms with Gasteiger partial charge in [-0.1, -0.05) is 29.5 Å². The van der Waals surface area contributed by atoms with Crippen molar-refractivity contribution >= 4 is 39.6 Å². The lowest BCUT2D eigenvalue weighted by Crippen LogP contribution is -1.96. The molecule has 5 heteroatoms. The van der Waals surface area contributed by atoms with Gasteiger partial charge in [0, 0.05) is 29.2 Å². The molecule has 1 aromatic carbocycles. The fraction of sp³-hybridized carbons (Fsp3) is 0.267. The predicted molar refractivity (Wildman–Crippen MR) is 88.1 cm³/mol. The first-order valence-corrected chi connectivity index (χ1v) is 7.53. The highest BCUT2D eigenvalue weighted by molar-refractivity contribution is 7.19. The third kappa shape index (κ3) is 2.19. The highest BCUT2D eigenvalue weighted by Gasteiger charge is 2.16. The van der Waals surface area contributed by atoms with E-state index in [0.717, 1.165) is 18.0 Å². The zero-order chi connectivity index (χ0) is 12.7. The number of fused-ring (bicyclic) bond motifs is 2. The summed E-state index contributed by atoms with van der Waals surface area (Å²) in [6.45, 7) is 1.07. The molecule has 0 spiro atoms. The Morgan fingerprint density at radius 1 is 1.15 bits per heavy atom. The van der Waals surface area contributed by atoms with E-state index in [-0.39, 0.29) is 12.4 Å². The van der Waals surface area contributed by atoms with Gasteiger partial charge in [-0.2, -0.15) is 0 Å². The van der Waals surface area contributed by atoms with E-state index in [4.69, 9.17) is 4.98 Å². The minimum Gasteiger partial charge on any atom is -0.375 e. The molecule has 3 heterocycles. The molecule has 0 saturated heterocycles. The van der Waals surface area contributed by atoms with E-state index >= 15 is 0 Å². The van der Waals surface area contributed by atoms with Gasteiger partial charge in [0.2, 0.25) is 0 Å². The van der Waals surface area contributed by atoms with Gasteiger partial charge in [0.15, 0.2) is 0 Å². The van der Waals surface area contributed by atoms with E-state index in [1.54, 1.807) is 11.3 Å². The van der Waals surface area contributed by atoms with Crippen LogP contribution >= 0.6 is 23.7 Å². The molecule has 0 saturated carbocycles. The first-order valence-electron chi connectivity index (χ1n) is 6.72. The number of hydrogen-bond acceptors (Lipinski definition) is 3. The van der Waals surface area contributed by atoms with Gasteiger partial charge in [0.05, 0.1) is 5.69 Å². The second kappa shape index (κ2) is 5.46. The molecule has 3 aromatic rings. The lowest BCUT2D eigenvalue weighted by atomic mass is 10.2. The fourth-order valence-electron chi connectivity index (χ4n) is 2.64. The van der Waals surface area contributed by atoms with Gasteiger partial charge >= 0.3 is 0 Å². The molecule has 20 heavy (non-hydrogen) atoms. The fourth-order valence-corrected chi connectivity index (χ4v) is 3.71. The molecule has 1 aliphatic heterocycles. The number of rotatable bonds is 1. The Morgan fingerprint density at radius 2 is 2.05 bits per heavy atom. The van der Waals surface area contributed by atoms with Gasteiger partial charge in [-0.25, -0.2) is 4.98 Å². The first-order chi connectivity index (χ1) is 9.42. The van der Waals surface area contributed by atoms with Crippen LogP contribution < -0.4 is 5.32 Å². The molecule has 0 atom stereocenters. The maximum atomic E-state index is 4.84. The van der Waals surface area contributed by atoms with Gasteiger partial charge in [-0.05, 0) is 25.3 Å². The third-order valence-electron chi connectivity index (χ3n) is 3.64. The summed E-state index contributed by atoms with van der Waals surface area (Å²) in [5.74, 6) is 0. The molecule has 2 aromatic heterocycles. The summed E-state index contributed by atoms with van der Waals surface area (Å²) in [6.07, 6.45) is 5.65. The van der Waals surface area contributed by atoms with E-state index < -0.39 is 0 Å². The van der Waals surface area contributed by atoms with Crippen molar-refractivity contribution in [3.8, 4) is 10.6 Å². The van der Waals surface area contributed by atoms with Gasteiger partial charge in [-0.15, -0.1) is 12.4 Å². The molecular weight excluding hydrogens is 290 g/mol. The summed E-state index contributed by atoms with van der Waals surface area (Å²) in [6, 6.07) is 8.40. The van der Waals surface area contributed by atoms with Gasteiger partial charge < -0.3 is 10.3 Å². The molecular formula is C15H16ClN3S. The zero-order valence-corrected chi connectivity index (χ0v) is 12.6. The number of hydrogen-bond donors (Lipinski definition) is 2. The molecule has 2 N–H and O–H groups in total. The Bertz CT molecular complexity index is 708. The normalized spacial score (nSPS) is 14.2. The molecule has 0 bridgehead atoms. The number of aromatic amines is 1. The number of aromatic nitrogens is 2. The summed E-state index contributed by atoms with van der Waals surface area (Å²) in [7, 11) is 0. The molecule has 0 radical (unpaired) electrons. The third-order valence-corrected chi connectivity index (χ3v) is 4.73. The average Bonchev–Trinajstić information content (AvgIpc) is 2.97. The number of halogens is 1. The van der Waals surface area contributed by atoms with Crippen molar-refractivity contribution in [2.45, 2.75) is 19.3 Å². The molecule has 1 aliphatic rings. The number of para-hydroxylation sites is 1. The van der Waals surface area contributed by atoms with Crippen molar-refractivity contribution < 1.29 is 0 Å². The summed E-state index contributed by atoms with van der Waals surface area (Å²) < 4.78 is 0. The number of thiazole rings is 1. The lowest BCUT2D eigenvalue weighted by molar-refractivity contribution is 0.775. The van der Waals surface area contributed by atoms with E-state index in [1.807, 2.05) is 0 Å². The topological polar surface area (TPSA) is 40.7 Å². The number of nitrogens with one attached hydrogen (secondary N) is 2. The number of aryl methyl sites for hydroxylation is 1. The quantitative estimate of drug-likeness (QED) is 0.697. The number of anilines is 1. The summed E-state index contributed by atoms with van der Waals surface area (Å²) in [4.78, 5) is 8.17. The van der Waals surface area contributed by atoms with Crippen LogP contribution in [-0.2, 0) is 6.42 Å². The summed E-state index contributed by atoms with van der Waals surface area (Å²) in [5, 5.41) is 7.14. The van der Waals surface area contributed by atoms with Crippen molar-refractivity contribution in [2.75, 3.05) is 11.9 Å². The van der Waals surface area contributed by atoms with Crippen LogP contribution in [0.4, 0.5) is 5.00 Å². The Kier molecular flexibility index (Phi) is 3.68. The highest BCUT2D eigenvalue weighted by Crippen LogP contribution is 2.37. The monoisotopic (exact) mass is 305 g/mol. The minimum atomic E-state index is 0. The zero-order valence-electron chi connectivity index (χ0n) is 11.0. The maximum Gasteiger partial charge on any atom is 0.127 e. The predicted octanol–water partition coefficient (Wildman–Crippen LogP) is 4.46.